The molecule has 5 heteroatoms. The minimum atomic E-state index is 0.621. The van der Waals surface area contributed by atoms with E-state index in [-0.39, 0.29) is 0 Å². The third kappa shape index (κ3) is 1.90. The molecule has 16 heavy (non-hydrogen) atoms. The van der Waals surface area contributed by atoms with E-state index in [9.17, 15) is 0 Å². The van der Waals surface area contributed by atoms with Gasteiger partial charge in [-0.3, -0.25) is 0 Å². The van der Waals surface area contributed by atoms with Crippen molar-refractivity contribution in [2.24, 2.45) is 0 Å². The molecule has 0 spiro atoms. The Morgan fingerprint density at radius 2 is 2.19 bits per heavy atom. The number of hydrogen-bond acceptors (Lipinski definition) is 4. The van der Waals surface area contributed by atoms with Crippen LogP contribution in [0.3, 0.4) is 0 Å². The molecule has 2 heterocycles. The van der Waals surface area contributed by atoms with Crippen LogP contribution in [0.1, 0.15) is 21.9 Å². The lowest BCUT2D eigenvalue weighted by molar-refractivity contribution is 0.915. The molecule has 0 aliphatic heterocycles. The molecular formula is C11H11ClN2S2. The highest BCUT2D eigenvalue weighted by molar-refractivity contribution is 7.21. The van der Waals surface area contributed by atoms with Crippen LogP contribution in [-0.4, -0.2) is 16.1 Å². The van der Waals surface area contributed by atoms with E-state index in [1.807, 2.05) is 11.3 Å². The van der Waals surface area contributed by atoms with Crippen molar-refractivity contribution in [1.82, 2.24) is 10.2 Å². The summed E-state index contributed by atoms with van der Waals surface area (Å²) in [5, 5.41) is 10.5. The Balaban J connectivity index is 1.89. The predicted molar refractivity (Wildman–Crippen MR) is 69.7 cm³/mol. The van der Waals surface area contributed by atoms with Gasteiger partial charge in [-0.1, -0.05) is 11.3 Å². The van der Waals surface area contributed by atoms with E-state index in [1.54, 1.807) is 16.2 Å². The highest BCUT2D eigenvalue weighted by Gasteiger charge is 2.17. The minimum Gasteiger partial charge on any atom is -0.143 e. The van der Waals surface area contributed by atoms with Crippen molar-refractivity contribution in [3.63, 3.8) is 0 Å². The zero-order valence-corrected chi connectivity index (χ0v) is 11.1. The summed E-state index contributed by atoms with van der Waals surface area (Å²) >= 11 is 9.25. The molecule has 0 N–H and O–H groups in total. The van der Waals surface area contributed by atoms with Crippen LogP contribution in [0, 0.1) is 0 Å². The molecule has 84 valence electrons. The molecule has 0 amide bonds. The number of rotatable bonds is 3. The lowest BCUT2D eigenvalue weighted by Crippen LogP contribution is -1.82. The number of alkyl halides is 1. The second-order valence-corrected chi connectivity index (χ2v) is 6.43. The van der Waals surface area contributed by atoms with Crippen LogP contribution in [0.5, 0.6) is 0 Å². The second kappa shape index (κ2) is 4.43. The molecule has 0 bridgehead atoms. The first-order valence-corrected chi connectivity index (χ1v) is 7.54. The smallest absolute Gasteiger partial charge is 0.143 e. The fourth-order valence-electron chi connectivity index (χ4n) is 1.97. The number of halogens is 1. The van der Waals surface area contributed by atoms with Gasteiger partial charge in [0.2, 0.25) is 0 Å². The monoisotopic (exact) mass is 270 g/mol. The summed E-state index contributed by atoms with van der Waals surface area (Å²) in [5.41, 5.74) is 1.52. The van der Waals surface area contributed by atoms with Gasteiger partial charge in [0, 0.05) is 17.2 Å². The second-order valence-electron chi connectivity index (χ2n) is 3.85. The third-order valence-corrected chi connectivity index (χ3v) is 5.31. The lowest BCUT2D eigenvalue weighted by atomic mass is 10.2. The standard InChI is InChI=1S/C11H11ClN2S2/c12-5-4-10-13-14-11(16-10)9-6-7-2-1-3-8(7)15-9/h6H,1-5H2. The molecule has 1 aliphatic rings. The average molecular weight is 271 g/mol. The topological polar surface area (TPSA) is 25.8 Å². The van der Waals surface area contributed by atoms with Crippen LogP contribution in [-0.2, 0) is 19.3 Å². The van der Waals surface area contributed by atoms with Gasteiger partial charge in [0.15, 0.2) is 5.01 Å². The highest BCUT2D eigenvalue weighted by Crippen LogP contribution is 2.37. The normalized spacial score (nSPS) is 14.3. The summed E-state index contributed by atoms with van der Waals surface area (Å²) in [4.78, 5) is 2.83. The van der Waals surface area contributed by atoms with Crippen LogP contribution in [0.4, 0.5) is 0 Å². The van der Waals surface area contributed by atoms with E-state index in [2.05, 4.69) is 16.3 Å². The largest absolute Gasteiger partial charge is 0.157 e. The van der Waals surface area contributed by atoms with E-state index in [4.69, 9.17) is 11.6 Å². The number of thiophene rings is 1. The molecule has 2 nitrogen and oxygen atoms in total. The first-order valence-electron chi connectivity index (χ1n) is 5.37. The maximum Gasteiger partial charge on any atom is 0.157 e. The molecular weight excluding hydrogens is 260 g/mol. The molecule has 0 aromatic carbocycles. The molecule has 2 aromatic heterocycles. The van der Waals surface area contributed by atoms with Gasteiger partial charge in [-0.15, -0.1) is 33.1 Å². The SMILES string of the molecule is ClCCc1nnc(-c2cc3c(s2)CCC3)s1. The van der Waals surface area contributed by atoms with E-state index in [1.165, 1.54) is 29.7 Å². The molecule has 3 rings (SSSR count). The van der Waals surface area contributed by atoms with Gasteiger partial charge in [0.05, 0.1) is 4.88 Å². The number of nitrogens with zero attached hydrogens (tertiary/aromatic N) is 2. The van der Waals surface area contributed by atoms with E-state index >= 15 is 0 Å². The van der Waals surface area contributed by atoms with Gasteiger partial charge in [0.1, 0.15) is 5.01 Å². The summed E-state index contributed by atoms with van der Waals surface area (Å²) in [7, 11) is 0. The van der Waals surface area contributed by atoms with Crippen molar-refractivity contribution in [2.45, 2.75) is 25.7 Å². The molecule has 0 atom stereocenters. The lowest BCUT2D eigenvalue weighted by Gasteiger charge is -1.88. The van der Waals surface area contributed by atoms with Crippen LogP contribution in [0.15, 0.2) is 6.07 Å². The number of hydrogen-bond donors (Lipinski definition) is 0. The van der Waals surface area contributed by atoms with Crippen LogP contribution in [0.2, 0.25) is 0 Å². The quantitative estimate of drug-likeness (QED) is 0.798. The zero-order chi connectivity index (χ0) is 11.0. The Morgan fingerprint density at radius 1 is 1.25 bits per heavy atom. The molecule has 2 aromatic rings. The van der Waals surface area contributed by atoms with E-state index in [0.717, 1.165) is 16.4 Å². The fourth-order valence-corrected chi connectivity index (χ4v) is 4.39. The Kier molecular flexibility index (Phi) is 2.96. The Morgan fingerprint density at radius 3 is 3.00 bits per heavy atom. The van der Waals surface area contributed by atoms with Crippen LogP contribution >= 0.6 is 34.3 Å². The maximum absolute atomic E-state index is 5.69. The Bertz CT molecular complexity index is 482. The van der Waals surface area contributed by atoms with E-state index in [0.29, 0.717) is 5.88 Å². The molecule has 1 aliphatic carbocycles. The third-order valence-electron chi connectivity index (χ3n) is 2.73. The minimum absolute atomic E-state index is 0.621. The summed E-state index contributed by atoms with van der Waals surface area (Å²) < 4.78 is 0. The first kappa shape index (κ1) is 10.7. The van der Waals surface area contributed by atoms with E-state index < -0.39 is 0 Å². The maximum atomic E-state index is 5.69. The molecule has 0 saturated heterocycles. The van der Waals surface area contributed by atoms with Crippen molar-refractivity contribution in [3.05, 3.63) is 21.5 Å². The summed E-state index contributed by atoms with van der Waals surface area (Å²) in [6.45, 7) is 0. The van der Waals surface area contributed by atoms with Crippen molar-refractivity contribution in [2.75, 3.05) is 5.88 Å². The molecule has 0 saturated carbocycles. The molecule has 0 fully saturated rings. The van der Waals surface area contributed by atoms with Gasteiger partial charge in [-0.25, -0.2) is 0 Å². The summed E-state index contributed by atoms with van der Waals surface area (Å²) in [5.74, 6) is 0.621. The van der Waals surface area contributed by atoms with Gasteiger partial charge < -0.3 is 0 Å². The summed E-state index contributed by atoms with van der Waals surface area (Å²) in [6.07, 6.45) is 4.62. The number of fused-ring (bicyclic) bond motifs is 1. The van der Waals surface area contributed by atoms with Crippen molar-refractivity contribution >= 4 is 34.3 Å². The Hall–Kier alpha value is -0.450. The van der Waals surface area contributed by atoms with Crippen molar-refractivity contribution in [1.29, 1.82) is 0 Å². The van der Waals surface area contributed by atoms with Crippen LogP contribution < -0.4 is 0 Å². The number of aromatic nitrogens is 2. The van der Waals surface area contributed by atoms with Gasteiger partial charge in [-0.2, -0.15) is 0 Å². The highest BCUT2D eigenvalue weighted by atomic mass is 35.5. The van der Waals surface area contributed by atoms with Gasteiger partial charge in [0.25, 0.3) is 0 Å². The average Bonchev–Trinajstić information content (AvgIpc) is 2.88. The van der Waals surface area contributed by atoms with Crippen molar-refractivity contribution < 1.29 is 0 Å². The zero-order valence-electron chi connectivity index (χ0n) is 8.70. The molecule has 0 unspecified atom stereocenters. The molecule has 0 radical (unpaired) electrons. The Labute approximate surface area is 107 Å². The first-order chi connectivity index (χ1) is 7.86. The predicted octanol–water partition coefficient (Wildman–Crippen LogP) is 3.54. The van der Waals surface area contributed by atoms with Gasteiger partial charge >= 0.3 is 0 Å². The van der Waals surface area contributed by atoms with Crippen molar-refractivity contribution in [3.8, 4) is 9.88 Å². The van der Waals surface area contributed by atoms with Crippen LogP contribution in [0.25, 0.3) is 9.88 Å². The fraction of sp³-hybridized carbons (Fsp3) is 0.455. The summed E-state index contributed by atoms with van der Waals surface area (Å²) in [6, 6.07) is 2.29. The number of aryl methyl sites for hydroxylation is 3. The van der Waals surface area contributed by atoms with Gasteiger partial charge in [-0.05, 0) is 30.9 Å².